The molecule has 0 aliphatic rings. The van der Waals surface area contributed by atoms with Gasteiger partial charge in [0.2, 0.25) is 0 Å². The molecule has 0 fully saturated rings. The van der Waals surface area contributed by atoms with Crippen LogP contribution in [-0.4, -0.2) is 27.4 Å². The molecule has 0 bridgehead atoms. The van der Waals surface area contributed by atoms with Gasteiger partial charge in [-0.3, -0.25) is 9.80 Å². The minimum atomic E-state index is -4.78. The molecule has 4 N–H and O–H groups in total. The number of hydrogen-bond acceptors (Lipinski definition) is 7. The van der Waals surface area contributed by atoms with E-state index >= 15 is 0 Å². The number of carbonyl (C=O) groups excluding carboxylic acids is 1. The van der Waals surface area contributed by atoms with Gasteiger partial charge in [-0.2, -0.15) is 4.98 Å². The fraction of sp³-hybridized carbons (Fsp3) is 0.318. The van der Waals surface area contributed by atoms with Gasteiger partial charge in [0.1, 0.15) is 11.8 Å². The Labute approximate surface area is 188 Å². The summed E-state index contributed by atoms with van der Waals surface area (Å²) in [5, 5.41) is 4.86. The van der Waals surface area contributed by atoms with Crippen LogP contribution in [0.25, 0.3) is 11.1 Å². The number of nitrogen functional groups attached to an aromatic ring is 1. The summed E-state index contributed by atoms with van der Waals surface area (Å²) < 4.78 is 46.2. The minimum absolute atomic E-state index is 0.128. The van der Waals surface area contributed by atoms with E-state index in [9.17, 15) is 18.0 Å². The van der Waals surface area contributed by atoms with Crippen LogP contribution < -0.4 is 16.3 Å². The summed E-state index contributed by atoms with van der Waals surface area (Å²) in [6, 6.07) is 9.24. The Bertz CT molecular complexity index is 1100. The fourth-order valence-electron chi connectivity index (χ4n) is 3.08. The molecule has 0 saturated carbocycles. The van der Waals surface area contributed by atoms with Gasteiger partial charge in [0, 0.05) is 12.1 Å². The number of ether oxygens (including phenoxy) is 1. The molecule has 1 unspecified atom stereocenters. The Kier molecular flexibility index (Phi) is 7.22. The zero-order valence-corrected chi connectivity index (χ0v) is 18.1. The van der Waals surface area contributed by atoms with Crippen LogP contribution in [-0.2, 0) is 6.42 Å². The number of anilines is 1. The Morgan fingerprint density at radius 1 is 1.18 bits per heavy atom. The highest BCUT2D eigenvalue weighted by molar-refractivity contribution is 6.00. The average Bonchev–Trinajstić information content (AvgIpc) is 3.25. The minimum Gasteiger partial charge on any atom is -0.406 e. The van der Waals surface area contributed by atoms with Crippen LogP contribution in [0.1, 0.15) is 54.8 Å². The summed E-state index contributed by atoms with van der Waals surface area (Å²) in [6.07, 6.45) is -2.23. The molecule has 2 aromatic carbocycles. The van der Waals surface area contributed by atoms with Crippen molar-refractivity contribution in [3.05, 3.63) is 59.7 Å². The van der Waals surface area contributed by atoms with Crippen LogP contribution in [0.4, 0.5) is 18.9 Å². The molecule has 33 heavy (non-hydrogen) atoms. The number of nitrogens with two attached hydrogens (primary N) is 2. The number of benzene rings is 2. The number of hydrogen-bond donors (Lipinski definition) is 2. The summed E-state index contributed by atoms with van der Waals surface area (Å²) in [5.41, 5.74) is 7.44. The summed E-state index contributed by atoms with van der Waals surface area (Å²) in [6.45, 7) is 3.70. The van der Waals surface area contributed by atoms with E-state index in [1.807, 2.05) is 6.92 Å². The topological polar surface area (TPSA) is 121 Å². The lowest BCUT2D eigenvalue weighted by molar-refractivity contribution is -0.274. The number of amides is 1. The lowest BCUT2D eigenvalue weighted by Crippen LogP contribution is -2.40. The molecule has 176 valence electrons. The van der Waals surface area contributed by atoms with Crippen molar-refractivity contribution in [2.75, 3.05) is 5.73 Å². The van der Waals surface area contributed by atoms with Crippen molar-refractivity contribution in [1.82, 2.24) is 15.1 Å². The van der Waals surface area contributed by atoms with E-state index < -0.39 is 18.3 Å². The summed E-state index contributed by atoms with van der Waals surface area (Å²) in [5.74, 6) is 5.86. The molecule has 8 nitrogen and oxygen atoms in total. The molecule has 0 spiro atoms. The number of halogens is 3. The molecule has 0 radical (unpaired) electrons. The second-order valence-corrected chi connectivity index (χ2v) is 7.42. The molecular weight excluding hydrogens is 439 g/mol. The first-order valence-corrected chi connectivity index (χ1v) is 10.3. The highest BCUT2D eigenvalue weighted by Crippen LogP contribution is 2.29. The maximum atomic E-state index is 13.0. The standard InChI is InChI=1S/C22H24F3N5O3/c1-3-4-5-19-28-20(33-29-19)13(2)30(27)21(31)17-12-15(8-11-18(17)26)14-6-9-16(10-7-14)32-22(23,24)25/h6-13H,3-5,26-27H2,1-2H3. The molecular formula is C22H24F3N5O3. The number of aryl methyl sites for hydroxylation is 1. The van der Waals surface area contributed by atoms with Gasteiger partial charge in [0.25, 0.3) is 11.8 Å². The van der Waals surface area contributed by atoms with Crippen molar-refractivity contribution in [1.29, 1.82) is 0 Å². The Balaban J connectivity index is 1.79. The van der Waals surface area contributed by atoms with Crippen LogP contribution in [0.2, 0.25) is 0 Å². The van der Waals surface area contributed by atoms with Gasteiger partial charge in [-0.05, 0) is 48.7 Å². The number of hydrazine groups is 1. The molecule has 1 atom stereocenters. The van der Waals surface area contributed by atoms with Gasteiger partial charge in [0.15, 0.2) is 5.82 Å². The monoisotopic (exact) mass is 463 g/mol. The first-order valence-electron chi connectivity index (χ1n) is 10.3. The number of alkyl halides is 3. The van der Waals surface area contributed by atoms with Crippen LogP contribution in [0.15, 0.2) is 47.0 Å². The molecule has 0 aliphatic heterocycles. The molecule has 0 aliphatic carbocycles. The smallest absolute Gasteiger partial charge is 0.406 e. The van der Waals surface area contributed by atoms with E-state index in [1.54, 1.807) is 13.0 Å². The zero-order chi connectivity index (χ0) is 24.2. The third kappa shape index (κ3) is 6.01. The number of rotatable bonds is 8. The second-order valence-electron chi connectivity index (χ2n) is 7.42. The van der Waals surface area contributed by atoms with E-state index in [2.05, 4.69) is 14.9 Å². The lowest BCUT2D eigenvalue weighted by atomic mass is 10.0. The number of unbranched alkanes of at least 4 members (excludes halogenated alkanes) is 1. The molecule has 1 aromatic heterocycles. The quantitative estimate of drug-likeness (QED) is 0.216. The Morgan fingerprint density at radius 2 is 1.85 bits per heavy atom. The zero-order valence-electron chi connectivity index (χ0n) is 18.1. The molecule has 3 rings (SSSR count). The van der Waals surface area contributed by atoms with Gasteiger partial charge >= 0.3 is 6.36 Å². The maximum Gasteiger partial charge on any atom is 0.573 e. The third-order valence-electron chi connectivity index (χ3n) is 4.95. The van der Waals surface area contributed by atoms with Gasteiger partial charge in [-0.1, -0.05) is 36.7 Å². The van der Waals surface area contributed by atoms with Crippen LogP contribution >= 0.6 is 0 Å². The van der Waals surface area contributed by atoms with E-state index in [4.69, 9.17) is 16.1 Å². The lowest BCUT2D eigenvalue weighted by Gasteiger charge is -2.22. The molecule has 1 amide bonds. The molecule has 0 saturated heterocycles. The predicted octanol–water partition coefficient (Wildman–Crippen LogP) is 4.64. The van der Waals surface area contributed by atoms with E-state index in [1.165, 1.54) is 36.4 Å². The SMILES string of the molecule is CCCCc1noc(C(C)N(N)C(=O)c2cc(-c3ccc(OC(F)(F)F)cc3)ccc2N)n1. The fourth-order valence-corrected chi connectivity index (χ4v) is 3.08. The Morgan fingerprint density at radius 3 is 2.48 bits per heavy atom. The first-order chi connectivity index (χ1) is 15.6. The van der Waals surface area contributed by atoms with E-state index in [-0.39, 0.29) is 22.9 Å². The molecule has 11 heteroatoms. The number of carbonyl (C=O) groups is 1. The normalized spacial score (nSPS) is 12.4. The van der Waals surface area contributed by atoms with E-state index in [0.29, 0.717) is 23.4 Å². The first kappa shape index (κ1) is 24.1. The van der Waals surface area contributed by atoms with Crippen LogP contribution in [0.3, 0.4) is 0 Å². The van der Waals surface area contributed by atoms with Gasteiger partial charge in [-0.25, -0.2) is 5.84 Å². The highest BCUT2D eigenvalue weighted by atomic mass is 19.4. The average molecular weight is 463 g/mol. The largest absolute Gasteiger partial charge is 0.573 e. The molecule has 1 heterocycles. The number of aromatic nitrogens is 2. The van der Waals surface area contributed by atoms with Crippen molar-refractivity contribution >= 4 is 11.6 Å². The van der Waals surface area contributed by atoms with Gasteiger partial charge in [0.05, 0.1) is 5.56 Å². The van der Waals surface area contributed by atoms with Gasteiger partial charge < -0.3 is 15.0 Å². The summed E-state index contributed by atoms with van der Waals surface area (Å²) in [4.78, 5) is 17.3. The predicted molar refractivity (Wildman–Crippen MR) is 115 cm³/mol. The van der Waals surface area contributed by atoms with Crippen molar-refractivity contribution in [2.24, 2.45) is 5.84 Å². The number of nitrogens with zero attached hydrogens (tertiary/aromatic N) is 3. The van der Waals surface area contributed by atoms with Crippen LogP contribution in [0, 0.1) is 0 Å². The maximum absolute atomic E-state index is 13.0. The van der Waals surface area contributed by atoms with Gasteiger partial charge in [-0.15, -0.1) is 13.2 Å². The van der Waals surface area contributed by atoms with Crippen molar-refractivity contribution in [2.45, 2.75) is 45.5 Å². The second kappa shape index (κ2) is 9.90. The third-order valence-corrected chi connectivity index (χ3v) is 4.95. The van der Waals surface area contributed by atoms with Crippen molar-refractivity contribution < 1.29 is 27.2 Å². The van der Waals surface area contributed by atoms with E-state index in [0.717, 1.165) is 17.9 Å². The summed E-state index contributed by atoms with van der Waals surface area (Å²) in [7, 11) is 0. The van der Waals surface area contributed by atoms with Crippen LogP contribution in [0.5, 0.6) is 5.75 Å². The molecule has 3 aromatic rings. The highest BCUT2D eigenvalue weighted by Gasteiger charge is 2.31. The van der Waals surface area contributed by atoms with Crippen molar-refractivity contribution in [3.63, 3.8) is 0 Å². The summed E-state index contributed by atoms with van der Waals surface area (Å²) >= 11 is 0. The van der Waals surface area contributed by atoms with Crippen molar-refractivity contribution in [3.8, 4) is 16.9 Å². The Hall–Kier alpha value is -3.60.